The Morgan fingerprint density at radius 1 is 0.724 bits per heavy atom. The Bertz CT molecular complexity index is 714. The first-order valence-corrected chi connectivity index (χ1v) is 11.5. The lowest BCUT2D eigenvalue weighted by Gasteiger charge is -2.05. The van der Waals surface area contributed by atoms with E-state index in [2.05, 4.69) is 41.4 Å². The molecule has 0 bridgehead atoms. The largest absolute Gasteiger partial charge is 0.158 e. The minimum absolute atomic E-state index is 0.947. The van der Waals surface area contributed by atoms with Crippen molar-refractivity contribution in [3.63, 3.8) is 0 Å². The molecule has 0 atom stereocenters. The molecular formula is C27H38N2. The third-order valence-corrected chi connectivity index (χ3v) is 5.40. The smallest absolute Gasteiger partial charge is 0.0671 e. The molecule has 29 heavy (non-hydrogen) atoms. The van der Waals surface area contributed by atoms with Crippen LogP contribution < -0.4 is 0 Å². The Kier molecular flexibility index (Phi) is 11.7. The summed E-state index contributed by atoms with van der Waals surface area (Å²) >= 11 is 0. The Labute approximate surface area is 178 Å². The summed E-state index contributed by atoms with van der Waals surface area (Å²) in [6.07, 6.45) is 16.9. The fraction of sp³-hybridized carbons (Fsp3) is 0.481. The quantitative estimate of drug-likeness (QED) is 0.177. The van der Waals surface area contributed by atoms with Crippen LogP contribution in [0.15, 0.2) is 64.8 Å². The Balaban J connectivity index is 1.63. The second-order valence-corrected chi connectivity index (χ2v) is 7.97. The zero-order chi connectivity index (χ0) is 20.6. The van der Waals surface area contributed by atoms with E-state index in [1.165, 1.54) is 76.2 Å². The molecule has 0 heterocycles. The van der Waals surface area contributed by atoms with E-state index in [9.17, 15) is 0 Å². The Morgan fingerprint density at radius 2 is 1.31 bits per heavy atom. The van der Waals surface area contributed by atoms with Gasteiger partial charge in [-0.2, -0.15) is 10.2 Å². The highest BCUT2D eigenvalue weighted by Crippen LogP contribution is 2.13. The van der Waals surface area contributed by atoms with Crippen molar-refractivity contribution in [3.8, 4) is 0 Å². The summed E-state index contributed by atoms with van der Waals surface area (Å²) in [6.45, 7) is 4.30. The zero-order valence-corrected chi connectivity index (χ0v) is 18.4. The summed E-state index contributed by atoms with van der Waals surface area (Å²) in [5.41, 5.74) is 4.58. The van der Waals surface area contributed by atoms with Crippen molar-refractivity contribution in [2.24, 2.45) is 10.2 Å². The number of hydrogen-bond acceptors (Lipinski definition) is 2. The molecule has 2 heteroatoms. The number of rotatable bonds is 14. The monoisotopic (exact) mass is 390 g/mol. The third-order valence-electron chi connectivity index (χ3n) is 5.40. The fourth-order valence-corrected chi connectivity index (χ4v) is 3.51. The summed E-state index contributed by atoms with van der Waals surface area (Å²) in [7, 11) is 0. The van der Waals surface area contributed by atoms with Crippen LogP contribution in [0.5, 0.6) is 0 Å². The van der Waals surface area contributed by atoms with E-state index in [1.54, 1.807) is 6.21 Å². The molecule has 0 saturated carbocycles. The first-order valence-electron chi connectivity index (χ1n) is 11.5. The lowest BCUT2D eigenvalue weighted by Crippen LogP contribution is -1.95. The predicted molar refractivity (Wildman–Crippen MR) is 128 cm³/mol. The molecule has 0 radical (unpaired) electrons. The molecule has 156 valence electrons. The average molecular weight is 391 g/mol. The Hall–Kier alpha value is -2.22. The molecular weight excluding hydrogens is 352 g/mol. The van der Waals surface area contributed by atoms with Gasteiger partial charge in [-0.3, -0.25) is 0 Å². The molecule has 0 aliphatic carbocycles. The van der Waals surface area contributed by atoms with Crippen LogP contribution in [0.4, 0.5) is 0 Å². The Morgan fingerprint density at radius 3 is 1.93 bits per heavy atom. The molecule has 2 aromatic rings. The van der Waals surface area contributed by atoms with Gasteiger partial charge in [0.15, 0.2) is 0 Å². The van der Waals surface area contributed by atoms with Gasteiger partial charge in [0.2, 0.25) is 0 Å². The van der Waals surface area contributed by atoms with Gasteiger partial charge in [-0.15, -0.1) is 0 Å². The van der Waals surface area contributed by atoms with Crippen LogP contribution in [-0.2, 0) is 6.42 Å². The van der Waals surface area contributed by atoms with Crippen LogP contribution in [-0.4, -0.2) is 11.9 Å². The SMILES string of the molecule is CCCCCCCCCCCCc1ccc(C(C)=NN=Cc2ccccc2)cc1. The zero-order valence-electron chi connectivity index (χ0n) is 18.4. The minimum atomic E-state index is 0.947. The normalized spacial score (nSPS) is 12.0. The number of hydrogen-bond donors (Lipinski definition) is 0. The van der Waals surface area contributed by atoms with Crippen molar-refractivity contribution in [2.75, 3.05) is 0 Å². The lowest BCUT2D eigenvalue weighted by molar-refractivity contribution is 0.556. The van der Waals surface area contributed by atoms with Crippen LogP contribution in [0.2, 0.25) is 0 Å². The number of nitrogens with zero attached hydrogens (tertiary/aromatic N) is 2. The van der Waals surface area contributed by atoms with Crippen LogP contribution in [0, 0.1) is 0 Å². The van der Waals surface area contributed by atoms with Gasteiger partial charge in [-0.25, -0.2) is 0 Å². The van der Waals surface area contributed by atoms with Crippen molar-refractivity contribution in [3.05, 3.63) is 71.3 Å². The molecule has 0 fully saturated rings. The van der Waals surface area contributed by atoms with Gasteiger partial charge in [0.1, 0.15) is 0 Å². The van der Waals surface area contributed by atoms with Gasteiger partial charge in [0.25, 0.3) is 0 Å². The van der Waals surface area contributed by atoms with Crippen LogP contribution in [0.3, 0.4) is 0 Å². The van der Waals surface area contributed by atoms with Gasteiger partial charge in [0, 0.05) is 0 Å². The van der Waals surface area contributed by atoms with E-state index in [-0.39, 0.29) is 0 Å². The highest BCUT2D eigenvalue weighted by Gasteiger charge is 1.99. The predicted octanol–water partition coefficient (Wildman–Crippen LogP) is 7.99. The van der Waals surface area contributed by atoms with Crippen LogP contribution >= 0.6 is 0 Å². The molecule has 0 aliphatic heterocycles. The number of unbranched alkanes of at least 4 members (excludes halogenated alkanes) is 9. The van der Waals surface area contributed by atoms with E-state index in [0.29, 0.717) is 0 Å². The highest BCUT2D eigenvalue weighted by molar-refractivity contribution is 5.99. The molecule has 2 nitrogen and oxygen atoms in total. The van der Waals surface area contributed by atoms with Gasteiger partial charge in [0.05, 0.1) is 11.9 Å². The summed E-state index contributed by atoms with van der Waals surface area (Å²) in [5, 5.41) is 8.54. The lowest BCUT2D eigenvalue weighted by atomic mass is 10.0. The summed E-state index contributed by atoms with van der Waals surface area (Å²) < 4.78 is 0. The van der Waals surface area contributed by atoms with E-state index in [4.69, 9.17) is 0 Å². The van der Waals surface area contributed by atoms with Crippen molar-refractivity contribution in [1.82, 2.24) is 0 Å². The second kappa shape index (κ2) is 14.7. The first kappa shape index (κ1) is 23.1. The molecule has 0 unspecified atom stereocenters. The maximum Gasteiger partial charge on any atom is 0.0671 e. The second-order valence-electron chi connectivity index (χ2n) is 7.97. The van der Waals surface area contributed by atoms with Crippen LogP contribution in [0.25, 0.3) is 0 Å². The molecule has 0 spiro atoms. The first-order chi connectivity index (χ1) is 14.3. The summed E-state index contributed by atoms with van der Waals surface area (Å²) in [5.74, 6) is 0. The van der Waals surface area contributed by atoms with Gasteiger partial charge in [-0.05, 0) is 36.5 Å². The maximum absolute atomic E-state index is 4.33. The van der Waals surface area contributed by atoms with Crippen molar-refractivity contribution in [1.29, 1.82) is 0 Å². The van der Waals surface area contributed by atoms with Crippen molar-refractivity contribution >= 4 is 11.9 Å². The molecule has 2 rings (SSSR count). The van der Waals surface area contributed by atoms with E-state index in [1.807, 2.05) is 37.3 Å². The summed E-state index contributed by atoms with van der Waals surface area (Å²) in [6, 6.07) is 18.9. The number of aryl methyl sites for hydroxylation is 1. The average Bonchev–Trinajstić information content (AvgIpc) is 2.76. The molecule has 0 amide bonds. The maximum atomic E-state index is 4.33. The van der Waals surface area contributed by atoms with Gasteiger partial charge in [-0.1, -0.05) is 119 Å². The molecule has 0 aliphatic rings. The molecule has 0 N–H and O–H groups in total. The standard InChI is InChI=1S/C27H38N2/c1-3-4-5-6-7-8-9-10-11-13-16-25-19-21-27(22-20-25)24(2)29-28-23-26-17-14-12-15-18-26/h12,14-15,17-23H,3-11,13,16H2,1-2H3. The molecule has 2 aromatic carbocycles. The van der Waals surface area contributed by atoms with E-state index in [0.717, 1.165) is 16.8 Å². The van der Waals surface area contributed by atoms with Gasteiger partial charge >= 0.3 is 0 Å². The van der Waals surface area contributed by atoms with E-state index >= 15 is 0 Å². The topological polar surface area (TPSA) is 24.7 Å². The summed E-state index contributed by atoms with van der Waals surface area (Å²) in [4.78, 5) is 0. The highest BCUT2D eigenvalue weighted by atomic mass is 15.2. The van der Waals surface area contributed by atoms with Crippen molar-refractivity contribution < 1.29 is 0 Å². The third kappa shape index (κ3) is 10.2. The van der Waals surface area contributed by atoms with E-state index < -0.39 is 0 Å². The van der Waals surface area contributed by atoms with Crippen molar-refractivity contribution in [2.45, 2.75) is 84.5 Å². The van der Waals surface area contributed by atoms with Gasteiger partial charge < -0.3 is 0 Å². The minimum Gasteiger partial charge on any atom is -0.158 e. The molecule has 0 aromatic heterocycles. The van der Waals surface area contributed by atoms with Crippen LogP contribution in [0.1, 0.15) is 94.7 Å². The fourth-order valence-electron chi connectivity index (χ4n) is 3.51. The number of benzene rings is 2. The molecule has 0 saturated heterocycles.